The summed E-state index contributed by atoms with van der Waals surface area (Å²) in [6.45, 7) is 36.5. The molecule has 0 bridgehead atoms. The van der Waals surface area contributed by atoms with Gasteiger partial charge in [-0.05, 0) is 96.3 Å². The standard InChI is InChI=1S/C17H22ClN2O.C12H10BrN.C12H10FN.2C12H11NO.C11H8ClNO.CH4/c1-13-16(14-6-8-15(18)9-7-14)12-17(21)19(13)10-5-11-20(2,3)4;1-8-7-12(9(2)14-8)10-3-5-11(13)6-4-10;1-8-7-11(9(2)14-8)10-5-3-4-6-12(10)13;1-8-3-5-10(6-4-8)11-7-12(14)13-9(11)2;1-8-4-3-5-10(6-8)11-7-12(14)13-9(11)2;1-7-10(6-11(14)13-7)8-2-4-9(12)5-3-8;/h6-9,12H,1,5,10-11H2,2-4H3;2*3-7,14H,1-2H2;2*3-7H,2H2,1H3,(H,13,14);2-6H,1H2,(H,13,14);1H4/q+1;;;;;;. The van der Waals surface area contributed by atoms with E-state index in [0.29, 0.717) is 44.6 Å². The Balaban J connectivity index is 0.000000176. The Kier molecular flexibility index (Phi) is 24.9. The lowest BCUT2D eigenvalue weighted by atomic mass is 10.0. The average molecular weight is 1330 g/mol. The van der Waals surface area contributed by atoms with Crippen LogP contribution < -0.4 is 37.3 Å². The van der Waals surface area contributed by atoms with Crippen molar-refractivity contribution in [2.24, 2.45) is 0 Å². The lowest BCUT2D eigenvalue weighted by Crippen LogP contribution is -2.37. The Morgan fingerprint density at radius 2 is 0.913 bits per heavy atom. The van der Waals surface area contributed by atoms with Crippen LogP contribution in [0, 0.1) is 19.7 Å². The van der Waals surface area contributed by atoms with Crippen LogP contribution in [0.5, 0.6) is 0 Å². The molecule has 0 unspecified atom stereocenters. The molecular formula is C77H76BrCl2FN7O4+. The number of nitrogens with one attached hydrogen (secondary N) is 5. The minimum absolute atomic E-state index is 0. The smallest absolute Gasteiger partial charge is 0.251 e. The normalized spacial score (nSPS) is 13.7. The van der Waals surface area contributed by atoms with Gasteiger partial charge in [0, 0.05) is 135 Å². The molecule has 15 heteroatoms. The van der Waals surface area contributed by atoms with Gasteiger partial charge < -0.3 is 35.3 Å². The first-order valence-corrected chi connectivity index (χ1v) is 30.3. The van der Waals surface area contributed by atoms with Crippen LogP contribution in [0.1, 0.15) is 47.2 Å². The van der Waals surface area contributed by atoms with Gasteiger partial charge in [-0.3, -0.25) is 19.2 Å². The maximum Gasteiger partial charge on any atom is 0.251 e. The molecule has 5 N–H and O–H groups in total. The highest BCUT2D eigenvalue weighted by atomic mass is 79.9. The summed E-state index contributed by atoms with van der Waals surface area (Å²) in [4.78, 5) is 53.1. The topological polar surface area (TPSA) is 139 Å². The van der Waals surface area contributed by atoms with Crippen molar-refractivity contribution in [2.45, 2.75) is 27.7 Å². The van der Waals surface area contributed by atoms with Gasteiger partial charge in [0.15, 0.2) is 0 Å². The van der Waals surface area contributed by atoms with Crippen molar-refractivity contribution >= 4 is 111 Å². The number of aryl methyl sites for hydroxylation is 2. The number of aromatic nitrogens is 2. The van der Waals surface area contributed by atoms with Crippen molar-refractivity contribution in [3.63, 3.8) is 0 Å². The predicted octanol–water partition coefficient (Wildman–Crippen LogP) is 14.1. The van der Waals surface area contributed by atoms with Gasteiger partial charge >= 0.3 is 0 Å². The van der Waals surface area contributed by atoms with Crippen molar-refractivity contribution in [1.29, 1.82) is 0 Å². The highest BCUT2D eigenvalue weighted by Crippen LogP contribution is 2.32. The second-order valence-electron chi connectivity index (χ2n) is 22.5. The zero-order valence-electron chi connectivity index (χ0n) is 51.6. The first-order chi connectivity index (χ1) is 43.1. The second kappa shape index (κ2) is 32.2. The molecule has 4 aliphatic heterocycles. The number of nitrogens with zero attached hydrogens (tertiary/aromatic N) is 2. The number of carbonyl (C=O) groups excluding carboxylic acids is 4. The number of benzene rings is 6. The van der Waals surface area contributed by atoms with E-state index in [-0.39, 0.29) is 36.9 Å². The Labute approximate surface area is 557 Å². The number of quaternary nitrogens is 1. The van der Waals surface area contributed by atoms with Crippen LogP contribution in [0.25, 0.3) is 70.9 Å². The molecule has 4 aliphatic rings. The first-order valence-electron chi connectivity index (χ1n) is 28.7. The zero-order valence-corrected chi connectivity index (χ0v) is 54.7. The molecule has 0 atom stereocenters. The second-order valence-corrected chi connectivity index (χ2v) is 24.3. The predicted molar refractivity (Wildman–Crippen MR) is 385 cm³/mol. The number of hydrogen-bond donors (Lipinski definition) is 5. The first kappa shape index (κ1) is 71.2. The highest BCUT2D eigenvalue weighted by Gasteiger charge is 2.27. The summed E-state index contributed by atoms with van der Waals surface area (Å²) in [5.74, 6) is -0.528. The lowest BCUT2D eigenvalue weighted by molar-refractivity contribution is -0.870. The third kappa shape index (κ3) is 20.1. The maximum absolute atomic E-state index is 13.4. The van der Waals surface area contributed by atoms with Crippen molar-refractivity contribution in [2.75, 3.05) is 34.2 Å². The molecule has 0 aliphatic carbocycles. The number of allylic oxidation sites excluding steroid dienone is 4. The molecule has 2 aromatic heterocycles. The molecule has 0 saturated carbocycles. The van der Waals surface area contributed by atoms with E-state index in [1.807, 2.05) is 117 Å². The molecule has 0 spiro atoms. The van der Waals surface area contributed by atoms with Crippen LogP contribution in [0.15, 0.2) is 236 Å². The molecule has 6 heterocycles. The molecule has 470 valence electrons. The van der Waals surface area contributed by atoms with Crippen LogP contribution in [-0.2, 0) is 19.2 Å². The van der Waals surface area contributed by atoms with E-state index in [2.05, 4.69) is 128 Å². The van der Waals surface area contributed by atoms with Crippen LogP contribution in [-0.4, -0.2) is 77.2 Å². The molecule has 11 nitrogen and oxygen atoms in total. The molecule has 92 heavy (non-hydrogen) atoms. The highest BCUT2D eigenvalue weighted by molar-refractivity contribution is 9.10. The van der Waals surface area contributed by atoms with Gasteiger partial charge in [0.2, 0.25) is 17.7 Å². The summed E-state index contributed by atoms with van der Waals surface area (Å²) in [5.41, 5.74) is 16.2. The largest absolute Gasteiger partial charge is 0.356 e. The van der Waals surface area contributed by atoms with Gasteiger partial charge in [0.1, 0.15) is 5.82 Å². The fourth-order valence-electron chi connectivity index (χ4n) is 9.67. The zero-order chi connectivity index (χ0) is 66.3. The van der Waals surface area contributed by atoms with E-state index < -0.39 is 0 Å². The number of carbonyl (C=O) groups is 4. The van der Waals surface area contributed by atoms with Gasteiger partial charge in [0.25, 0.3) is 5.91 Å². The summed E-state index contributed by atoms with van der Waals surface area (Å²) >= 11 is 15.1. The SMILES string of the molecule is C.C=C1C(c2ccc(Cl)cc2)=CC(=O)N1CCC[N+](C)(C)C.C=C1NC(=O)C=C1c1ccc(C)cc1.C=C1NC(=O)C=C1c1ccc(Cl)cc1.C=C1NC(=O)C=C1c1cccc(C)c1.C=c1cc(-c2ccc(Br)cc2)c(=C)[nH]1.C=c1cc(-c2ccccc2F)c(=C)[nH]1. The van der Waals surface area contributed by atoms with Gasteiger partial charge in [-0.2, -0.15) is 0 Å². The van der Waals surface area contributed by atoms with Crippen molar-refractivity contribution in [1.82, 2.24) is 30.8 Å². The maximum atomic E-state index is 13.4. The minimum atomic E-state index is -0.239. The van der Waals surface area contributed by atoms with Gasteiger partial charge in [0.05, 0.1) is 27.7 Å². The van der Waals surface area contributed by atoms with Crippen molar-refractivity contribution in [3.05, 3.63) is 306 Å². The van der Waals surface area contributed by atoms with Crippen LogP contribution >= 0.6 is 39.1 Å². The fourth-order valence-corrected chi connectivity index (χ4v) is 10.2. The van der Waals surface area contributed by atoms with Crippen molar-refractivity contribution < 1.29 is 28.1 Å². The van der Waals surface area contributed by atoms with Crippen LogP contribution in [0.4, 0.5) is 4.39 Å². The average Bonchev–Trinajstić information content (AvgIpc) is 1.78. The molecule has 6 aromatic carbocycles. The molecule has 4 amide bonds. The number of amides is 4. The molecule has 0 saturated heterocycles. The number of halogens is 4. The summed E-state index contributed by atoms with van der Waals surface area (Å²) in [7, 11) is 6.45. The lowest BCUT2D eigenvalue weighted by Gasteiger charge is -2.26. The molecule has 0 fully saturated rings. The van der Waals surface area contributed by atoms with Crippen LogP contribution in [0.3, 0.4) is 0 Å². The van der Waals surface area contributed by atoms with Crippen molar-refractivity contribution in [3.8, 4) is 22.3 Å². The number of hydrogen-bond acceptors (Lipinski definition) is 4. The summed E-state index contributed by atoms with van der Waals surface area (Å²) < 4.78 is 15.4. The van der Waals surface area contributed by atoms with Gasteiger partial charge in [-0.1, -0.05) is 213 Å². The third-order valence-electron chi connectivity index (χ3n) is 14.2. The molecule has 12 rings (SSSR count). The monoisotopic (exact) mass is 1330 g/mol. The Bertz CT molecular complexity index is 4370. The van der Waals surface area contributed by atoms with E-state index in [1.54, 1.807) is 59.5 Å². The number of rotatable bonds is 10. The Morgan fingerprint density at radius 3 is 1.34 bits per heavy atom. The van der Waals surface area contributed by atoms with E-state index in [1.165, 1.54) is 23.3 Å². The Hall–Kier alpha value is -9.89. The Morgan fingerprint density at radius 1 is 0.478 bits per heavy atom. The number of aromatic amines is 2. The van der Waals surface area contributed by atoms with E-state index in [0.717, 1.165) is 105 Å². The molecule has 0 radical (unpaired) electrons. The molecular weight excluding hydrogens is 1260 g/mol. The van der Waals surface area contributed by atoms with E-state index in [4.69, 9.17) is 23.2 Å². The van der Waals surface area contributed by atoms with E-state index >= 15 is 0 Å². The van der Waals surface area contributed by atoms with Gasteiger partial charge in [-0.15, -0.1) is 0 Å². The molecule has 8 aromatic rings. The van der Waals surface area contributed by atoms with Gasteiger partial charge in [-0.25, -0.2) is 4.39 Å². The number of H-pyrrole nitrogens is 2. The summed E-state index contributed by atoms with van der Waals surface area (Å²) in [6, 6.07) is 49.4. The quantitative estimate of drug-likeness (QED) is 0.0870. The summed E-state index contributed by atoms with van der Waals surface area (Å²) in [6.07, 6.45) is 7.31. The van der Waals surface area contributed by atoms with Crippen LogP contribution in [0.2, 0.25) is 10.0 Å². The minimum Gasteiger partial charge on any atom is -0.356 e. The fraction of sp³-hybridized carbons (Fsp3) is 0.117. The summed E-state index contributed by atoms with van der Waals surface area (Å²) in [5, 5.41) is 12.5. The van der Waals surface area contributed by atoms with E-state index in [9.17, 15) is 23.6 Å². The third-order valence-corrected chi connectivity index (χ3v) is 15.3.